The van der Waals surface area contributed by atoms with Crippen LogP contribution in [0.5, 0.6) is 0 Å². The van der Waals surface area contributed by atoms with Crippen LogP contribution in [0.1, 0.15) is 46.0 Å². The Morgan fingerprint density at radius 1 is 0.673 bits per heavy atom. The number of nitrogens with one attached hydrogen (secondary N) is 3. The van der Waals surface area contributed by atoms with Crippen molar-refractivity contribution in [2.45, 2.75) is 58.0 Å². The third-order valence-electron chi connectivity index (χ3n) is 7.85. The van der Waals surface area contributed by atoms with Crippen molar-refractivity contribution in [1.82, 2.24) is 16.0 Å². The van der Waals surface area contributed by atoms with E-state index in [4.69, 9.17) is 9.47 Å². The van der Waals surface area contributed by atoms with E-state index in [1.807, 2.05) is 18.2 Å². The number of hydrogen-bond donors (Lipinski definition) is 4. The van der Waals surface area contributed by atoms with Crippen LogP contribution in [0.4, 0.5) is 0 Å². The zero-order chi connectivity index (χ0) is 35.5. The fraction of sp³-hybridized carbons (Fsp3) is 0.378. The summed E-state index contributed by atoms with van der Waals surface area (Å²) in [5, 5.41) is 11.5. The molecular formula is C37H47N3O7PS+. The van der Waals surface area contributed by atoms with Crippen LogP contribution in [0.25, 0.3) is 0 Å². The van der Waals surface area contributed by atoms with E-state index in [-0.39, 0.29) is 50.7 Å². The maximum absolute atomic E-state index is 13.1. The molecule has 2 unspecified atom stereocenters. The van der Waals surface area contributed by atoms with Gasteiger partial charge < -0.3 is 25.4 Å². The first kappa shape index (κ1) is 39.2. The van der Waals surface area contributed by atoms with E-state index in [1.165, 1.54) is 15.9 Å². The van der Waals surface area contributed by atoms with Crippen molar-refractivity contribution >= 4 is 65.5 Å². The second-order valence-corrected chi connectivity index (χ2v) is 15.2. The van der Waals surface area contributed by atoms with Crippen LogP contribution in [0.2, 0.25) is 0 Å². The molecule has 0 aliphatic rings. The average molecular weight is 709 g/mol. The lowest BCUT2D eigenvalue weighted by Gasteiger charge is -2.27. The van der Waals surface area contributed by atoms with E-state index < -0.39 is 43.1 Å². The van der Waals surface area contributed by atoms with Gasteiger partial charge in [-0.3, -0.25) is 19.2 Å². The molecule has 0 radical (unpaired) electrons. The lowest BCUT2D eigenvalue weighted by Crippen LogP contribution is -2.49. The molecule has 2 atom stereocenters. The molecule has 0 fully saturated rings. The van der Waals surface area contributed by atoms with Gasteiger partial charge in [-0.1, -0.05) is 54.6 Å². The minimum absolute atomic E-state index is 0.0131. The molecule has 3 aromatic rings. The van der Waals surface area contributed by atoms with Crippen molar-refractivity contribution in [3.63, 3.8) is 0 Å². The highest BCUT2D eigenvalue weighted by Gasteiger charge is 2.44. The zero-order valence-electron chi connectivity index (χ0n) is 28.1. The fourth-order valence-electron chi connectivity index (χ4n) is 5.51. The summed E-state index contributed by atoms with van der Waals surface area (Å²) in [5.74, 6) is -2.67. The summed E-state index contributed by atoms with van der Waals surface area (Å²) in [6.45, 7) is 3.27. The number of thiol groups is 1. The van der Waals surface area contributed by atoms with Gasteiger partial charge in [0.05, 0.1) is 19.4 Å². The molecule has 0 aliphatic heterocycles. The molecule has 0 bridgehead atoms. The molecular weight excluding hydrogens is 661 g/mol. The molecule has 0 spiro atoms. The predicted octanol–water partition coefficient (Wildman–Crippen LogP) is 3.07. The summed E-state index contributed by atoms with van der Waals surface area (Å²) in [6.07, 6.45) is 2.25. The first-order valence-corrected chi connectivity index (χ1v) is 19.2. The predicted molar refractivity (Wildman–Crippen MR) is 197 cm³/mol. The average Bonchev–Trinajstić information content (AvgIpc) is 3.12. The van der Waals surface area contributed by atoms with Gasteiger partial charge in [0.15, 0.2) is 0 Å². The number of ether oxygens (including phenoxy) is 2. The lowest BCUT2D eigenvalue weighted by atomic mass is 10.1. The highest BCUT2D eigenvalue weighted by molar-refractivity contribution is 7.95. The summed E-state index contributed by atoms with van der Waals surface area (Å²) < 4.78 is 9.96. The molecule has 3 aromatic carbocycles. The second kappa shape index (κ2) is 21.0. The molecule has 0 aromatic heterocycles. The number of rotatable bonds is 20. The zero-order valence-corrected chi connectivity index (χ0v) is 29.9. The summed E-state index contributed by atoms with van der Waals surface area (Å²) >= 11 is 4.13. The number of esters is 2. The highest BCUT2D eigenvalue weighted by Crippen LogP contribution is 2.55. The second-order valence-electron chi connectivity index (χ2n) is 11.2. The number of amides is 3. The van der Waals surface area contributed by atoms with Gasteiger partial charge in [0.2, 0.25) is 17.7 Å². The van der Waals surface area contributed by atoms with Gasteiger partial charge in [0.1, 0.15) is 41.8 Å². The lowest BCUT2D eigenvalue weighted by molar-refractivity contribution is -0.147. The van der Waals surface area contributed by atoms with Crippen molar-refractivity contribution in [2.75, 3.05) is 31.7 Å². The largest absolute Gasteiger partial charge is 0.465 e. The minimum Gasteiger partial charge on any atom is -0.465 e. The molecule has 0 saturated heterocycles. The number of unbranched alkanes of at least 4 members (excludes halogenated alkanes) is 1. The molecule has 3 rings (SSSR count). The Balaban J connectivity index is 1.62. The van der Waals surface area contributed by atoms with E-state index >= 15 is 0 Å². The number of carbonyl (C=O) groups excluding carboxylic acids is 5. The maximum Gasteiger partial charge on any atom is 0.328 e. The van der Waals surface area contributed by atoms with E-state index in [0.29, 0.717) is 6.42 Å². The third kappa shape index (κ3) is 12.0. The number of benzene rings is 3. The Bertz CT molecular complexity index is 1400. The topological polar surface area (TPSA) is 140 Å². The summed E-state index contributed by atoms with van der Waals surface area (Å²) in [6, 6.07) is 29.6. The Hall–Kier alpha value is -4.21. The number of carbonyl (C=O) groups is 5. The Morgan fingerprint density at radius 3 is 1.65 bits per heavy atom. The van der Waals surface area contributed by atoms with Crippen LogP contribution in [-0.4, -0.2) is 73.4 Å². The van der Waals surface area contributed by atoms with Crippen LogP contribution in [0.3, 0.4) is 0 Å². The monoisotopic (exact) mass is 708 g/mol. The van der Waals surface area contributed by atoms with Crippen molar-refractivity contribution in [1.29, 1.82) is 0 Å². The molecule has 0 heterocycles. The maximum atomic E-state index is 13.1. The van der Waals surface area contributed by atoms with Crippen molar-refractivity contribution in [2.24, 2.45) is 0 Å². The molecule has 0 saturated carbocycles. The van der Waals surface area contributed by atoms with Gasteiger partial charge in [0.25, 0.3) is 0 Å². The molecule has 49 heavy (non-hydrogen) atoms. The molecule has 12 heteroatoms. The van der Waals surface area contributed by atoms with Crippen LogP contribution >= 0.6 is 19.9 Å². The standard InChI is InChI=1S/C37H46N3O7PS/c1-3-46-35(43)26-38-36(44)32(27-49)40-34(42)24-23-31(37(45)47-4-2)39-33(41)22-14-15-25-48(28-16-8-5-9-17-28,29-18-10-6-11-19-29)30-20-12-7-13-21-30/h5-13,16-21,31-32H,3-4,14-15,22-27H2,1-2H3,(H3-,38,39,40,41,42,44,49)/p+1. The van der Waals surface area contributed by atoms with Gasteiger partial charge in [-0.15, -0.1) is 0 Å². The van der Waals surface area contributed by atoms with Crippen molar-refractivity contribution in [3.8, 4) is 0 Å². The first-order valence-electron chi connectivity index (χ1n) is 16.6. The van der Waals surface area contributed by atoms with Crippen LogP contribution in [-0.2, 0) is 33.4 Å². The van der Waals surface area contributed by atoms with Gasteiger partial charge in [-0.05, 0) is 69.5 Å². The Morgan fingerprint density at radius 2 is 1.16 bits per heavy atom. The number of hydrogen-bond acceptors (Lipinski definition) is 8. The van der Waals surface area contributed by atoms with Gasteiger partial charge in [-0.25, -0.2) is 4.79 Å². The van der Waals surface area contributed by atoms with Gasteiger partial charge in [-0.2, -0.15) is 12.6 Å². The summed E-state index contributed by atoms with van der Waals surface area (Å²) in [4.78, 5) is 62.5. The van der Waals surface area contributed by atoms with Crippen molar-refractivity contribution in [3.05, 3.63) is 91.0 Å². The molecule has 0 aliphatic carbocycles. The smallest absolute Gasteiger partial charge is 0.328 e. The summed E-state index contributed by atoms with van der Waals surface area (Å²) in [7, 11) is -2.03. The molecule has 262 valence electrons. The Kier molecular flexibility index (Phi) is 16.8. The fourth-order valence-corrected chi connectivity index (χ4v) is 10.2. The van der Waals surface area contributed by atoms with Crippen LogP contribution in [0.15, 0.2) is 91.0 Å². The van der Waals surface area contributed by atoms with Crippen LogP contribution < -0.4 is 31.9 Å². The Labute approximate surface area is 294 Å². The molecule has 10 nitrogen and oxygen atoms in total. The quantitative estimate of drug-likeness (QED) is 0.0613. The van der Waals surface area contributed by atoms with Crippen LogP contribution in [0, 0.1) is 0 Å². The van der Waals surface area contributed by atoms with Gasteiger partial charge in [0, 0.05) is 18.6 Å². The van der Waals surface area contributed by atoms with E-state index in [2.05, 4.69) is 101 Å². The van der Waals surface area contributed by atoms with Crippen molar-refractivity contribution < 1.29 is 33.4 Å². The SMILES string of the molecule is CCOC(=O)CNC(=O)C(CS)NC(=O)CCC(NC(=O)CCCC[P+](c1ccccc1)(c1ccccc1)c1ccccc1)C(=O)OCC. The van der Waals surface area contributed by atoms with E-state index in [1.54, 1.807) is 13.8 Å². The van der Waals surface area contributed by atoms with Gasteiger partial charge >= 0.3 is 11.9 Å². The highest BCUT2D eigenvalue weighted by atomic mass is 32.1. The first-order chi connectivity index (χ1) is 23.7. The molecule has 3 amide bonds. The normalized spacial score (nSPS) is 12.2. The summed E-state index contributed by atoms with van der Waals surface area (Å²) in [5.41, 5.74) is 0. The minimum atomic E-state index is -2.03. The molecule has 3 N–H and O–H groups in total. The van der Waals surface area contributed by atoms with E-state index in [0.717, 1.165) is 12.6 Å². The van der Waals surface area contributed by atoms with E-state index in [9.17, 15) is 24.0 Å². The third-order valence-corrected chi connectivity index (χ3v) is 12.7.